The Labute approximate surface area is 254 Å². The number of amides is 1. The Hall–Kier alpha value is -4.69. The van der Waals surface area contributed by atoms with Crippen molar-refractivity contribution >= 4 is 28.9 Å². The fraction of sp³-hybridized carbons (Fsp3) is 0.250. The van der Waals surface area contributed by atoms with Gasteiger partial charge in [0.05, 0.1) is 29.9 Å². The number of hydrogen-bond donors (Lipinski definition) is 2. The highest BCUT2D eigenvalue weighted by Gasteiger charge is 2.33. The number of rotatable bonds is 10. The lowest BCUT2D eigenvalue weighted by Gasteiger charge is -2.30. The number of nitrogens with zero attached hydrogens (tertiary/aromatic N) is 4. The number of carbonyl (C=O) groups excluding carboxylic acids is 1. The molecule has 3 aromatic carbocycles. The highest BCUT2D eigenvalue weighted by Crippen LogP contribution is 2.32. The fourth-order valence-corrected chi connectivity index (χ4v) is 4.93. The lowest BCUT2D eigenvalue weighted by Crippen LogP contribution is -2.46. The van der Waals surface area contributed by atoms with Gasteiger partial charge in [0.1, 0.15) is 0 Å². The maximum absolute atomic E-state index is 13.8. The summed E-state index contributed by atoms with van der Waals surface area (Å²) >= 11 is 5.65. The Morgan fingerprint density at radius 2 is 1.86 bits per heavy atom. The van der Waals surface area contributed by atoms with E-state index >= 15 is 0 Å². The van der Waals surface area contributed by atoms with E-state index in [0.29, 0.717) is 23.5 Å². The topological polar surface area (TPSA) is 86.0 Å². The second-order valence-corrected chi connectivity index (χ2v) is 10.7. The van der Waals surface area contributed by atoms with Crippen LogP contribution in [0.3, 0.4) is 0 Å². The molecule has 0 radical (unpaired) electrons. The Kier molecular flexibility index (Phi) is 10.2. The molecule has 1 aromatic heterocycles. The van der Waals surface area contributed by atoms with Gasteiger partial charge in [-0.25, -0.2) is 4.98 Å². The average molecular weight is 605 g/mol. The number of imidazole rings is 1. The highest BCUT2D eigenvalue weighted by molar-refractivity contribution is 7.80. The van der Waals surface area contributed by atoms with Crippen LogP contribution in [-0.4, -0.2) is 38.1 Å². The molecule has 4 rings (SSSR count). The number of aryl methyl sites for hydroxylation is 1. The first kappa shape index (κ1) is 31.3. The van der Waals surface area contributed by atoms with Gasteiger partial charge in [-0.15, -0.1) is 0 Å². The van der Waals surface area contributed by atoms with Gasteiger partial charge >= 0.3 is 6.18 Å². The first-order valence-electron chi connectivity index (χ1n) is 13.6. The number of nitriles is 1. The summed E-state index contributed by atoms with van der Waals surface area (Å²) < 4.78 is 43.2. The van der Waals surface area contributed by atoms with Crippen LogP contribution in [0.1, 0.15) is 40.4 Å². The molecule has 0 bridgehead atoms. The zero-order valence-corrected chi connectivity index (χ0v) is 24.5. The van der Waals surface area contributed by atoms with Crippen LogP contribution in [0.25, 0.3) is 0 Å². The van der Waals surface area contributed by atoms with Gasteiger partial charge in [0, 0.05) is 43.3 Å². The van der Waals surface area contributed by atoms with Gasteiger partial charge in [0.15, 0.2) is 5.11 Å². The molecule has 4 aromatic rings. The lowest BCUT2D eigenvalue weighted by molar-refractivity contribution is -0.138. The fourth-order valence-electron chi connectivity index (χ4n) is 4.67. The van der Waals surface area contributed by atoms with Crippen LogP contribution in [-0.2, 0) is 30.5 Å². The maximum Gasteiger partial charge on any atom is 0.416 e. The Morgan fingerprint density at radius 1 is 1.12 bits per heavy atom. The van der Waals surface area contributed by atoms with E-state index in [0.717, 1.165) is 17.2 Å². The van der Waals surface area contributed by atoms with Gasteiger partial charge in [-0.05, 0) is 73.1 Å². The van der Waals surface area contributed by atoms with Crippen molar-refractivity contribution in [1.29, 1.82) is 5.26 Å². The molecule has 0 saturated heterocycles. The minimum absolute atomic E-state index is 0.0590. The van der Waals surface area contributed by atoms with Gasteiger partial charge in [-0.2, -0.15) is 18.4 Å². The third-order valence-electron chi connectivity index (χ3n) is 6.72. The van der Waals surface area contributed by atoms with Crippen LogP contribution in [0, 0.1) is 18.3 Å². The van der Waals surface area contributed by atoms with Crippen LogP contribution in [0.4, 0.5) is 18.9 Å². The molecule has 222 valence electrons. The minimum atomic E-state index is -4.52. The molecule has 1 amide bonds. The van der Waals surface area contributed by atoms with E-state index in [1.165, 1.54) is 12.1 Å². The molecule has 7 nitrogen and oxygen atoms in total. The van der Waals surface area contributed by atoms with E-state index in [-0.39, 0.29) is 36.1 Å². The molecular formula is C32H31F3N6OS. The van der Waals surface area contributed by atoms with Crippen molar-refractivity contribution in [1.82, 2.24) is 19.8 Å². The van der Waals surface area contributed by atoms with Crippen molar-refractivity contribution in [2.75, 3.05) is 11.9 Å². The van der Waals surface area contributed by atoms with Gasteiger partial charge in [0.25, 0.3) is 0 Å². The normalized spacial score (nSPS) is 11.8. The van der Waals surface area contributed by atoms with Crippen molar-refractivity contribution in [3.63, 3.8) is 0 Å². The monoisotopic (exact) mass is 604 g/mol. The average Bonchev–Trinajstić information content (AvgIpc) is 3.38. The number of carbonyl (C=O) groups is 1. The molecule has 0 aliphatic carbocycles. The Bertz CT molecular complexity index is 1610. The molecule has 1 heterocycles. The second-order valence-electron chi connectivity index (χ2n) is 10.3. The number of halogens is 3. The quantitative estimate of drug-likeness (QED) is 0.214. The first-order valence-corrected chi connectivity index (χ1v) is 14.0. The number of thiocarbonyl (C=S) groups is 1. The predicted octanol–water partition coefficient (Wildman–Crippen LogP) is 6.08. The summed E-state index contributed by atoms with van der Waals surface area (Å²) in [7, 11) is 0. The van der Waals surface area contributed by atoms with Gasteiger partial charge < -0.3 is 20.1 Å². The molecule has 0 fully saturated rings. The number of alkyl halides is 3. The molecule has 1 atom stereocenters. The number of aromatic nitrogens is 2. The Morgan fingerprint density at radius 3 is 2.56 bits per heavy atom. The molecule has 11 heteroatoms. The molecule has 2 N–H and O–H groups in total. The summed E-state index contributed by atoms with van der Waals surface area (Å²) in [5, 5.41) is 15.3. The summed E-state index contributed by atoms with van der Waals surface area (Å²) in [4.78, 5) is 18.8. The van der Waals surface area contributed by atoms with E-state index in [9.17, 15) is 18.0 Å². The number of nitrogens with one attached hydrogen (secondary N) is 2. The zero-order chi connectivity index (χ0) is 31.0. The van der Waals surface area contributed by atoms with Crippen LogP contribution in [0.2, 0.25) is 0 Å². The van der Waals surface area contributed by atoms with E-state index < -0.39 is 17.8 Å². The molecule has 0 unspecified atom stereocenters. The van der Waals surface area contributed by atoms with Gasteiger partial charge in [-0.1, -0.05) is 42.5 Å². The minimum Gasteiger partial charge on any atom is -0.352 e. The molecular weight excluding hydrogens is 573 g/mol. The van der Waals surface area contributed by atoms with Crippen LogP contribution in [0.15, 0.2) is 85.3 Å². The van der Waals surface area contributed by atoms with Crippen molar-refractivity contribution in [3.8, 4) is 6.07 Å². The summed E-state index contributed by atoms with van der Waals surface area (Å²) in [5.74, 6) is -0.262. The van der Waals surface area contributed by atoms with Crippen molar-refractivity contribution in [3.05, 3.63) is 119 Å². The standard InChI is InChI=1S/C32H31F3N6OS/c1-22-6-5-8-27(14-22)39-31(43)40(20-26-7-3-4-9-29(26)32(33,34)35)18-23(2)38-30(42)15-28-17-37-21-41(28)19-25-12-10-24(16-36)11-13-25/h3-14,17,21,23H,15,18-20H2,1-2H3,(H,38,42)(H,39,43)/t23-/m0/s1. The van der Waals surface area contributed by atoms with E-state index in [1.54, 1.807) is 42.5 Å². The molecule has 0 spiro atoms. The summed E-state index contributed by atoms with van der Waals surface area (Å²) in [6.07, 6.45) is -1.20. The third-order valence-corrected chi connectivity index (χ3v) is 7.08. The van der Waals surface area contributed by atoms with Crippen molar-refractivity contribution < 1.29 is 18.0 Å². The first-order chi connectivity index (χ1) is 20.5. The SMILES string of the molecule is Cc1cccc(NC(=S)N(Cc2ccccc2C(F)(F)F)C[C@H](C)NC(=O)Cc2cncn2Cc2ccc(C#N)cc2)c1. The number of benzene rings is 3. The van der Waals surface area contributed by atoms with Gasteiger partial charge in [-0.3, -0.25) is 4.79 Å². The maximum atomic E-state index is 13.8. The molecule has 0 aliphatic heterocycles. The zero-order valence-electron chi connectivity index (χ0n) is 23.7. The van der Waals surface area contributed by atoms with Crippen LogP contribution in [0.5, 0.6) is 0 Å². The largest absolute Gasteiger partial charge is 0.416 e. The number of anilines is 1. The van der Waals surface area contributed by atoms with Crippen molar-refractivity contribution in [2.45, 2.75) is 45.6 Å². The van der Waals surface area contributed by atoms with E-state index in [2.05, 4.69) is 21.7 Å². The van der Waals surface area contributed by atoms with Crippen LogP contribution >= 0.6 is 12.2 Å². The molecule has 43 heavy (non-hydrogen) atoms. The summed E-state index contributed by atoms with van der Waals surface area (Å²) in [6.45, 7) is 4.25. The second kappa shape index (κ2) is 14.0. The summed E-state index contributed by atoms with van der Waals surface area (Å²) in [6, 6.07) is 21.7. The molecule has 0 saturated carbocycles. The van der Waals surface area contributed by atoms with E-state index in [4.69, 9.17) is 17.5 Å². The van der Waals surface area contributed by atoms with Gasteiger partial charge in [0.2, 0.25) is 5.91 Å². The highest BCUT2D eigenvalue weighted by atomic mass is 32.1. The Balaban J connectivity index is 1.45. The number of hydrogen-bond acceptors (Lipinski definition) is 4. The summed E-state index contributed by atoms with van der Waals surface area (Å²) in [5.41, 5.74) is 3.27. The lowest BCUT2D eigenvalue weighted by atomic mass is 10.1. The smallest absolute Gasteiger partial charge is 0.352 e. The van der Waals surface area contributed by atoms with Crippen LogP contribution < -0.4 is 10.6 Å². The third kappa shape index (κ3) is 8.90. The predicted molar refractivity (Wildman–Crippen MR) is 163 cm³/mol. The van der Waals surface area contributed by atoms with E-state index in [1.807, 2.05) is 47.9 Å². The molecule has 0 aliphatic rings. The van der Waals surface area contributed by atoms with Crippen molar-refractivity contribution in [2.24, 2.45) is 0 Å².